The molecule has 1 aromatic heterocycles. The largest absolute Gasteiger partial charge is 0.356 e. The number of para-hydroxylation sites is 3. The average Bonchev–Trinajstić information content (AvgIpc) is 3.15. The highest BCUT2D eigenvalue weighted by atomic mass is 32.2. The van der Waals surface area contributed by atoms with Crippen LogP contribution in [-0.4, -0.2) is 54.1 Å². The number of fused-ring (bicyclic) bond motifs is 1. The van der Waals surface area contributed by atoms with Crippen molar-refractivity contribution in [2.45, 2.75) is 25.7 Å². The fraction of sp³-hybridized carbons (Fsp3) is 0.391. The number of nitrogens with zero attached hydrogens (tertiary/aromatic N) is 3. The van der Waals surface area contributed by atoms with Gasteiger partial charge in [-0.25, -0.2) is 17.7 Å². The van der Waals surface area contributed by atoms with Crippen LogP contribution < -0.4 is 5.32 Å². The summed E-state index contributed by atoms with van der Waals surface area (Å²) in [6.45, 7) is 1.65. The van der Waals surface area contributed by atoms with E-state index >= 15 is 0 Å². The molecule has 0 saturated carbocycles. The van der Waals surface area contributed by atoms with Crippen molar-refractivity contribution in [1.82, 2.24) is 19.2 Å². The maximum absolute atomic E-state index is 12.5. The summed E-state index contributed by atoms with van der Waals surface area (Å²) in [7, 11) is -3.12. The van der Waals surface area contributed by atoms with Crippen LogP contribution in [0, 0.1) is 5.92 Å². The highest BCUT2D eigenvalue weighted by Gasteiger charge is 2.25. The van der Waals surface area contributed by atoms with E-state index in [0.717, 1.165) is 35.4 Å². The van der Waals surface area contributed by atoms with Crippen molar-refractivity contribution in [2.75, 3.05) is 25.9 Å². The van der Waals surface area contributed by atoms with Crippen LogP contribution in [-0.2, 0) is 21.2 Å². The van der Waals surface area contributed by atoms with Crippen LogP contribution in [0.3, 0.4) is 0 Å². The number of aryl methyl sites for hydroxylation is 1. The molecule has 0 atom stereocenters. The van der Waals surface area contributed by atoms with Crippen molar-refractivity contribution in [3.8, 4) is 5.69 Å². The van der Waals surface area contributed by atoms with Crippen LogP contribution in [0.5, 0.6) is 0 Å². The number of hydrogen-bond donors (Lipinski definition) is 1. The molecule has 1 N–H and O–H groups in total. The van der Waals surface area contributed by atoms with Crippen molar-refractivity contribution in [2.24, 2.45) is 5.92 Å². The van der Waals surface area contributed by atoms with Crippen molar-refractivity contribution in [3.63, 3.8) is 0 Å². The van der Waals surface area contributed by atoms with Gasteiger partial charge in [-0.1, -0.05) is 30.3 Å². The molecular weight excluding hydrogens is 412 g/mol. The van der Waals surface area contributed by atoms with Gasteiger partial charge in [-0.2, -0.15) is 0 Å². The van der Waals surface area contributed by atoms with E-state index in [1.807, 2.05) is 54.6 Å². The van der Waals surface area contributed by atoms with Crippen LogP contribution in [0.1, 0.15) is 25.1 Å². The summed E-state index contributed by atoms with van der Waals surface area (Å²) in [6, 6.07) is 18.1. The zero-order chi connectivity index (χ0) is 21.8. The summed E-state index contributed by atoms with van der Waals surface area (Å²) < 4.78 is 26.9. The number of nitrogens with one attached hydrogen (secondary N) is 1. The number of hydrogen-bond acceptors (Lipinski definition) is 4. The van der Waals surface area contributed by atoms with Gasteiger partial charge in [-0.15, -0.1) is 0 Å². The summed E-state index contributed by atoms with van der Waals surface area (Å²) >= 11 is 0. The SMILES string of the molecule is CS(=O)(=O)N1CCC(CNC(=O)CCc2nc3ccccc3n2-c2ccccc2)CC1. The lowest BCUT2D eigenvalue weighted by Crippen LogP contribution is -2.41. The first-order valence-electron chi connectivity index (χ1n) is 10.7. The molecular formula is C23H28N4O3S. The second-order valence-electron chi connectivity index (χ2n) is 8.10. The Morgan fingerprint density at radius 3 is 2.45 bits per heavy atom. The number of piperidine rings is 1. The number of sulfonamides is 1. The van der Waals surface area contributed by atoms with E-state index in [2.05, 4.69) is 9.88 Å². The van der Waals surface area contributed by atoms with Crippen LogP contribution in [0.4, 0.5) is 0 Å². The van der Waals surface area contributed by atoms with E-state index in [0.29, 0.717) is 38.4 Å². The molecule has 2 aromatic carbocycles. The molecule has 1 saturated heterocycles. The molecule has 1 fully saturated rings. The Kier molecular flexibility index (Phi) is 6.38. The molecule has 164 valence electrons. The third kappa shape index (κ3) is 5.14. The van der Waals surface area contributed by atoms with E-state index in [4.69, 9.17) is 4.98 Å². The number of carbonyl (C=O) groups excluding carboxylic acids is 1. The van der Waals surface area contributed by atoms with Gasteiger partial charge in [0.05, 0.1) is 17.3 Å². The lowest BCUT2D eigenvalue weighted by molar-refractivity contribution is -0.121. The first-order valence-corrected chi connectivity index (χ1v) is 12.5. The molecule has 7 nitrogen and oxygen atoms in total. The maximum Gasteiger partial charge on any atom is 0.220 e. The highest BCUT2D eigenvalue weighted by molar-refractivity contribution is 7.88. The van der Waals surface area contributed by atoms with E-state index < -0.39 is 10.0 Å². The third-order valence-electron chi connectivity index (χ3n) is 5.85. The number of carbonyl (C=O) groups is 1. The molecule has 0 spiro atoms. The van der Waals surface area contributed by atoms with Gasteiger partial charge in [0.2, 0.25) is 15.9 Å². The summed E-state index contributed by atoms with van der Waals surface area (Å²) in [5.41, 5.74) is 2.98. The molecule has 0 radical (unpaired) electrons. The molecule has 8 heteroatoms. The monoisotopic (exact) mass is 440 g/mol. The second kappa shape index (κ2) is 9.20. The van der Waals surface area contributed by atoms with Gasteiger partial charge in [-0.3, -0.25) is 9.36 Å². The Morgan fingerprint density at radius 1 is 1.06 bits per heavy atom. The Balaban J connectivity index is 1.36. The minimum absolute atomic E-state index is 0.00258. The molecule has 1 aliphatic heterocycles. The Morgan fingerprint density at radius 2 is 1.74 bits per heavy atom. The number of amides is 1. The van der Waals surface area contributed by atoms with Crippen molar-refractivity contribution in [1.29, 1.82) is 0 Å². The third-order valence-corrected chi connectivity index (χ3v) is 7.15. The van der Waals surface area contributed by atoms with E-state index in [1.54, 1.807) is 0 Å². The topological polar surface area (TPSA) is 84.3 Å². The molecule has 3 aromatic rings. The predicted molar refractivity (Wildman–Crippen MR) is 122 cm³/mol. The molecule has 1 aliphatic rings. The normalized spacial score (nSPS) is 15.9. The van der Waals surface area contributed by atoms with E-state index in [9.17, 15) is 13.2 Å². The van der Waals surface area contributed by atoms with E-state index in [1.165, 1.54) is 10.6 Å². The fourth-order valence-electron chi connectivity index (χ4n) is 4.13. The standard InChI is InChI=1S/C23H28N4O3S/c1-31(29,30)26-15-13-18(14-16-26)17-24-23(28)12-11-22-25-20-9-5-6-10-21(20)27(22)19-7-3-2-4-8-19/h2-10,18H,11-17H2,1H3,(H,24,28). The highest BCUT2D eigenvalue weighted by Crippen LogP contribution is 2.22. The van der Waals surface area contributed by atoms with Gasteiger partial charge in [0.15, 0.2) is 0 Å². The minimum atomic E-state index is -3.12. The summed E-state index contributed by atoms with van der Waals surface area (Å²) in [5.74, 6) is 1.18. The number of imidazole rings is 1. The maximum atomic E-state index is 12.5. The van der Waals surface area contributed by atoms with Gasteiger partial charge in [-0.05, 0) is 43.0 Å². The zero-order valence-corrected chi connectivity index (χ0v) is 18.5. The zero-order valence-electron chi connectivity index (χ0n) is 17.7. The molecule has 0 aliphatic carbocycles. The Bertz CT molecular complexity index is 1150. The number of benzene rings is 2. The quantitative estimate of drug-likeness (QED) is 0.612. The van der Waals surface area contributed by atoms with Gasteiger partial charge in [0.1, 0.15) is 5.82 Å². The van der Waals surface area contributed by atoms with Crippen molar-refractivity contribution < 1.29 is 13.2 Å². The van der Waals surface area contributed by atoms with Crippen LogP contribution in [0.2, 0.25) is 0 Å². The van der Waals surface area contributed by atoms with Gasteiger partial charge < -0.3 is 5.32 Å². The van der Waals surface area contributed by atoms with Crippen LogP contribution in [0.25, 0.3) is 16.7 Å². The summed E-state index contributed by atoms with van der Waals surface area (Å²) in [4.78, 5) is 17.3. The predicted octanol–water partition coefficient (Wildman–Crippen LogP) is 2.75. The first-order chi connectivity index (χ1) is 14.9. The first kappa shape index (κ1) is 21.5. The van der Waals surface area contributed by atoms with Crippen molar-refractivity contribution in [3.05, 3.63) is 60.4 Å². The summed E-state index contributed by atoms with van der Waals surface area (Å²) in [5, 5.41) is 3.03. The lowest BCUT2D eigenvalue weighted by Gasteiger charge is -2.30. The molecule has 31 heavy (non-hydrogen) atoms. The Hall–Kier alpha value is -2.71. The van der Waals surface area contributed by atoms with Crippen LogP contribution >= 0.6 is 0 Å². The van der Waals surface area contributed by atoms with Crippen molar-refractivity contribution >= 4 is 27.0 Å². The number of aromatic nitrogens is 2. The Labute approximate surface area is 183 Å². The molecule has 4 rings (SSSR count). The molecule has 0 unspecified atom stereocenters. The lowest BCUT2D eigenvalue weighted by atomic mass is 9.98. The fourth-order valence-corrected chi connectivity index (χ4v) is 5.00. The average molecular weight is 441 g/mol. The van der Waals surface area contributed by atoms with E-state index in [-0.39, 0.29) is 5.91 Å². The van der Waals surface area contributed by atoms with Gasteiger partial charge in [0, 0.05) is 38.2 Å². The minimum Gasteiger partial charge on any atom is -0.356 e. The smallest absolute Gasteiger partial charge is 0.220 e. The molecule has 2 heterocycles. The molecule has 1 amide bonds. The van der Waals surface area contributed by atoms with Gasteiger partial charge >= 0.3 is 0 Å². The molecule has 0 bridgehead atoms. The summed E-state index contributed by atoms with van der Waals surface area (Å²) in [6.07, 6.45) is 3.70. The van der Waals surface area contributed by atoms with Crippen LogP contribution in [0.15, 0.2) is 54.6 Å². The second-order valence-corrected chi connectivity index (χ2v) is 10.1. The van der Waals surface area contributed by atoms with Gasteiger partial charge in [0.25, 0.3) is 0 Å². The number of rotatable bonds is 7.